The van der Waals surface area contributed by atoms with E-state index in [4.69, 9.17) is 0 Å². The third-order valence-electron chi connectivity index (χ3n) is 3.09. The van der Waals surface area contributed by atoms with Gasteiger partial charge in [0.1, 0.15) is 5.82 Å². The van der Waals surface area contributed by atoms with Crippen LogP contribution in [0.4, 0.5) is 4.39 Å². The Balaban J connectivity index is 2.72. The standard InChI is InChI=1S/C14H15FN2O/c1-4-17-10(3)14(9(2)16-17)13-7-12(15)6-5-11(13)8-18/h5-8H,4H2,1-3H3. The number of nitrogens with zero attached hydrogens (tertiary/aromatic N) is 2. The molecule has 1 aromatic carbocycles. The monoisotopic (exact) mass is 246 g/mol. The first-order chi connectivity index (χ1) is 8.58. The summed E-state index contributed by atoms with van der Waals surface area (Å²) in [5, 5.41) is 4.39. The van der Waals surface area contributed by atoms with Crippen molar-refractivity contribution in [2.24, 2.45) is 0 Å². The van der Waals surface area contributed by atoms with Crippen molar-refractivity contribution in [2.75, 3.05) is 0 Å². The largest absolute Gasteiger partial charge is 0.298 e. The van der Waals surface area contributed by atoms with E-state index in [0.29, 0.717) is 11.1 Å². The van der Waals surface area contributed by atoms with E-state index in [1.54, 1.807) is 0 Å². The smallest absolute Gasteiger partial charge is 0.150 e. The molecule has 0 fully saturated rings. The van der Waals surface area contributed by atoms with Crippen molar-refractivity contribution in [3.8, 4) is 11.1 Å². The van der Waals surface area contributed by atoms with Gasteiger partial charge in [-0.15, -0.1) is 0 Å². The van der Waals surface area contributed by atoms with Gasteiger partial charge in [-0.25, -0.2) is 4.39 Å². The Kier molecular flexibility index (Phi) is 3.28. The van der Waals surface area contributed by atoms with Crippen molar-refractivity contribution in [3.63, 3.8) is 0 Å². The van der Waals surface area contributed by atoms with Crippen LogP contribution >= 0.6 is 0 Å². The summed E-state index contributed by atoms with van der Waals surface area (Å²) < 4.78 is 15.2. The number of aromatic nitrogens is 2. The highest BCUT2D eigenvalue weighted by atomic mass is 19.1. The van der Waals surface area contributed by atoms with Crippen LogP contribution in [0.5, 0.6) is 0 Å². The fraction of sp³-hybridized carbons (Fsp3) is 0.286. The number of rotatable bonds is 3. The van der Waals surface area contributed by atoms with Gasteiger partial charge in [-0.3, -0.25) is 9.48 Å². The molecule has 18 heavy (non-hydrogen) atoms. The maximum absolute atomic E-state index is 13.4. The van der Waals surface area contributed by atoms with Crippen LogP contribution in [0.25, 0.3) is 11.1 Å². The highest BCUT2D eigenvalue weighted by molar-refractivity contribution is 5.88. The highest BCUT2D eigenvalue weighted by Gasteiger charge is 2.16. The molecule has 94 valence electrons. The summed E-state index contributed by atoms with van der Waals surface area (Å²) >= 11 is 0. The molecule has 0 spiro atoms. The molecule has 0 unspecified atom stereocenters. The normalized spacial score (nSPS) is 10.7. The molecule has 0 saturated carbocycles. The minimum absolute atomic E-state index is 0.348. The number of carbonyl (C=O) groups is 1. The number of benzene rings is 1. The minimum Gasteiger partial charge on any atom is -0.298 e. The van der Waals surface area contributed by atoms with E-state index >= 15 is 0 Å². The average molecular weight is 246 g/mol. The second kappa shape index (κ2) is 4.72. The summed E-state index contributed by atoms with van der Waals surface area (Å²) in [6.45, 7) is 6.54. The molecule has 0 saturated heterocycles. The first-order valence-corrected chi connectivity index (χ1v) is 5.87. The lowest BCUT2D eigenvalue weighted by Gasteiger charge is -2.06. The molecular weight excluding hydrogens is 231 g/mol. The maximum Gasteiger partial charge on any atom is 0.150 e. The first kappa shape index (κ1) is 12.5. The van der Waals surface area contributed by atoms with Crippen LogP contribution in [0.2, 0.25) is 0 Å². The molecule has 0 radical (unpaired) electrons. The highest BCUT2D eigenvalue weighted by Crippen LogP contribution is 2.29. The molecule has 0 bridgehead atoms. The number of aryl methyl sites for hydroxylation is 2. The zero-order valence-electron chi connectivity index (χ0n) is 10.7. The summed E-state index contributed by atoms with van der Waals surface area (Å²) in [6.07, 6.45) is 0.747. The van der Waals surface area contributed by atoms with Crippen molar-refractivity contribution < 1.29 is 9.18 Å². The molecule has 0 aliphatic heterocycles. The van der Waals surface area contributed by atoms with Gasteiger partial charge in [0.15, 0.2) is 6.29 Å². The molecule has 0 aliphatic carbocycles. The first-order valence-electron chi connectivity index (χ1n) is 5.87. The molecule has 1 aromatic heterocycles. The van der Waals surface area contributed by atoms with E-state index in [9.17, 15) is 9.18 Å². The Hall–Kier alpha value is -1.97. The lowest BCUT2D eigenvalue weighted by atomic mass is 9.98. The van der Waals surface area contributed by atoms with Gasteiger partial charge < -0.3 is 0 Å². The van der Waals surface area contributed by atoms with Gasteiger partial charge in [0.05, 0.1) is 5.69 Å². The third-order valence-corrected chi connectivity index (χ3v) is 3.09. The Labute approximate surface area is 105 Å². The van der Waals surface area contributed by atoms with Crippen molar-refractivity contribution in [1.29, 1.82) is 0 Å². The number of aldehydes is 1. The van der Waals surface area contributed by atoms with Gasteiger partial charge >= 0.3 is 0 Å². The van der Waals surface area contributed by atoms with Gasteiger partial charge in [0.25, 0.3) is 0 Å². The Morgan fingerprint density at radius 3 is 2.67 bits per heavy atom. The fourth-order valence-corrected chi connectivity index (χ4v) is 2.24. The topological polar surface area (TPSA) is 34.9 Å². The van der Waals surface area contributed by atoms with Crippen LogP contribution in [0, 0.1) is 19.7 Å². The van der Waals surface area contributed by atoms with Crippen LogP contribution in [0.3, 0.4) is 0 Å². The molecule has 3 nitrogen and oxygen atoms in total. The van der Waals surface area contributed by atoms with E-state index in [1.807, 2.05) is 25.5 Å². The summed E-state index contributed by atoms with van der Waals surface area (Å²) in [5.41, 5.74) is 3.70. The van der Waals surface area contributed by atoms with Crippen LogP contribution < -0.4 is 0 Å². The molecule has 0 atom stereocenters. The zero-order chi connectivity index (χ0) is 13.3. The van der Waals surface area contributed by atoms with Crippen molar-refractivity contribution in [2.45, 2.75) is 27.3 Å². The van der Waals surface area contributed by atoms with Gasteiger partial charge in [0, 0.05) is 23.4 Å². The molecule has 0 amide bonds. The van der Waals surface area contributed by atoms with E-state index in [1.165, 1.54) is 18.2 Å². The van der Waals surface area contributed by atoms with Gasteiger partial charge in [-0.05, 0) is 44.5 Å². The second-order valence-corrected chi connectivity index (χ2v) is 4.21. The quantitative estimate of drug-likeness (QED) is 0.780. The second-order valence-electron chi connectivity index (χ2n) is 4.21. The van der Waals surface area contributed by atoms with Crippen molar-refractivity contribution in [1.82, 2.24) is 9.78 Å². The number of halogens is 1. The fourth-order valence-electron chi connectivity index (χ4n) is 2.24. The van der Waals surface area contributed by atoms with Gasteiger partial charge in [-0.1, -0.05) is 0 Å². The average Bonchev–Trinajstić information content (AvgIpc) is 2.64. The lowest BCUT2D eigenvalue weighted by molar-refractivity contribution is 0.112. The van der Waals surface area contributed by atoms with E-state index < -0.39 is 0 Å². The zero-order valence-corrected chi connectivity index (χ0v) is 10.7. The Morgan fingerprint density at radius 2 is 2.11 bits per heavy atom. The van der Waals surface area contributed by atoms with E-state index in [-0.39, 0.29) is 5.82 Å². The molecule has 4 heteroatoms. The van der Waals surface area contributed by atoms with E-state index in [2.05, 4.69) is 5.10 Å². The Morgan fingerprint density at radius 1 is 1.39 bits per heavy atom. The van der Waals surface area contributed by atoms with Gasteiger partial charge in [0.2, 0.25) is 0 Å². The Bertz CT molecular complexity index is 602. The summed E-state index contributed by atoms with van der Waals surface area (Å²) in [5.74, 6) is -0.348. The van der Waals surface area contributed by atoms with Crippen LogP contribution in [-0.2, 0) is 6.54 Å². The summed E-state index contributed by atoms with van der Waals surface area (Å²) in [7, 11) is 0. The molecule has 2 aromatic rings. The number of hydrogen-bond acceptors (Lipinski definition) is 2. The number of hydrogen-bond donors (Lipinski definition) is 0. The third kappa shape index (κ3) is 1.94. The van der Waals surface area contributed by atoms with Crippen molar-refractivity contribution in [3.05, 3.63) is 41.0 Å². The minimum atomic E-state index is -0.348. The maximum atomic E-state index is 13.4. The predicted molar refractivity (Wildman–Crippen MR) is 68.2 cm³/mol. The molecular formula is C14H15FN2O. The molecule has 0 aliphatic rings. The summed E-state index contributed by atoms with van der Waals surface area (Å²) in [6, 6.07) is 4.18. The molecule has 2 rings (SSSR count). The van der Waals surface area contributed by atoms with Crippen LogP contribution in [-0.4, -0.2) is 16.1 Å². The van der Waals surface area contributed by atoms with Crippen LogP contribution in [0.15, 0.2) is 18.2 Å². The van der Waals surface area contributed by atoms with E-state index in [0.717, 1.165) is 29.8 Å². The predicted octanol–water partition coefficient (Wildman–Crippen LogP) is 3.14. The van der Waals surface area contributed by atoms with Crippen LogP contribution in [0.1, 0.15) is 28.7 Å². The number of carbonyl (C=O) groups excluding carboxylic acids is 1. The van der Waals surface area contributed by atoms with Gasteiger partial charge in [-0.2, -0.15) is 5.10 Å². The van der Waals surface area contributed by atoms with Crippen molar-refractivity contribution >= 4 is 6.29 Å². The lowest BCUT2D eigenvalue weighted by Crippen LogP contribution is -1.99. The molecule has 1 heterocycles. The summed E-state index contributed by atoms with van der Waals surface area (Å²) in [4.78, 5) is 11.1. The molecule has 0 N–H and O–H groups in total. The SMILES string of the molecule is CCn1nc(C)c(-c2cc(F)ccc2C=O)c1C.